The van der Waals surface area contributed by atoms with E-state index in [0.717, 1.165) is 23.2 Å². The maximum absolute atomic E-state index is 9.92. The van der Waals surface area contributed by atoms with E-state index in [0.29, 0.717) is 10.8 Å². The number of aromatic nitrogens is 1. The minimum absolute atomic E-state index is 0.0223. The molecule has 5 nitrogen and oxygen atoms in total. The van der Waals surface area contributed by atoms with Crippen LogP contribution in [0.25, 0.3) is 0 Å². The van der Waals surface area contributed by atoms with Crippen molar-refractivity contribution >= 4 is 23.1 Å². The Bertz CT molecular complexity index is 806. The minimum Gasteiger partial charge on any atom is -0.395 e. The average Bonchev–Trinajstić information content (AvgIpc) is 2.71. The van der Waals surface area contributed by atoms with Gasteiger partial charge in [-0.1, -0.05) is 37.2 Å². The summed E-state index contributed by atoms with van der Waals surface area (Å²) in [6.45, 7) is 7.90. The maximum Gasteiger partial charge on any atom is 0.128 e. The van der Waals surface area contributed by atoms with E-state index in [2.05, 4.69) is 16.9 Å². The van der Waals surface area contributed by atoms with Crippen molar-refractivity contribution < 1.29 is 10.2 Å². The SMILES string of the molecule is C=CN(/C=C(\C)[C@H](CO)c1cccc(Cl)c1)c1ccnc(N[C@H](CC)CO)c1. The fraction of sp³-hybridized carbons (Fsp3) is 0.318. The van der Waals surface area contributed by atoms with Gasteiger partial charge >= 0.3 is 0 Å². The quantitative estimate of drug-likeness (QED) is 0.545. The van der Waals surface area contributed by atoms with E-state index >= 15 is 0 Å². The predicted octanol–water partition coefficient (Wildman–Crippen LogP) is 4.55. The van der Waals surface area contributed by atoms with Gasteiger partial charge in [0, 0.05) is 35.6 Å². The third kappa shape index (κ3) is 5.83. The zero-order chi connectivity index (χ0) is 20.5. The Labute approximate surface area is 172 Å². The molecule has 0 aliphatic carbocycles. The lowest BCUT2D eigenvalue weighted by Gasteiger charge is -2.22. The molecule has 0 bridgehead atoms. The molecule has 1 heterocycles. The average molecular weight is 402 g/mol. The summed E-state index contributed by atoms with van der Waals surface area (Å²) in [6.07, 6.45) is 6.15. The lowest BCUT2D eigenvalue weighted by atomic mass is 9.93. The van der Waals surface area contributed by atoms with Crippen LogP contribution in [-0.2, 0) is 0 Å². The van der Waals surface area contributed by atoms with Crippen LogP contribution in [0.15, 0.2) is 67.1 Å². The summed E-state index contributed by atoms with van der Waals surface area (Å²) in [7, 11) is 0. The number of anilines is 2. The summed E-state index contributed by atoms with van der Waals surface area (Å²) in [6, 6.07) is 11.3. The summed E-state index contributed by atoms with van der Waals surface area (Å²) in [5, 5.41) is 23.2. The lowest BCUT2D eigenvalue weighted by Crippen LogP contribution is -2.23. The van der Waals surface area contributed by atoms with Gasteiger partial charge in [-0.3, -0.25) is 0 Å². The van der Waals surface area contributed by atoms with Crippen LogP contribution in [0, 0.1) is 0 Å². The van der Waals surface area contributed by atoms with E-state index < -0.39 is 0 Å². The monoisotopic (exact) mass is 401 g/mol. The molecule has 0 amide bonds. The van der Waals surface area contributed by atoms with Crippen LogP contribution >= 0.6 is 11.6 Å². The number of rotatable bonds is 10. The number of nitrogens with zero attached hydrogens (tertiary/aromatic N) is 2. The van der Waals surface area contributed by atoms with Crippen LogP contribution in [-0.4, -0.2) is 34.5 Å². The highest BCUT2D eigenvalue weighted by Gasteiger charge is 2.15. The van der Waals surface area contributed by atoms with E-state index in [-0.39, 0.29) is 25.2 Å². The molecule has 0 aliphatic heterocycles. The van der Waals surface area contributed by atoms with Gasteiger partial charge in [0.1, 0.15) is 5.82 Å². The predicted molar refractivity (Wildman–Crippen MR) is 117 cm³/mol. The van der Waals surface area contributed by atoms with Gasteiger partial charge in [0.05, 0.1) is 24.9 Å². The van der Waals surface area contributed by atoms with Crippen molar-refractivity contribution in [1.29, 1.82) is 0 Å². The summed E-state index contributed by atoms with van der Waals surface area (Å²) >= 11 is 6.10. The number of hydrogen-bond donors (Lipinski definition) is 3. The van der Waals surface area contributed by atoms with Gasteiger partial charge in [-0.25, -0.2) is 4.98 Å². The Morgan fingerprint density at radius 1 is 1.29 bits per heavy atom. The second-order valence-electron chi connectivity index (χ2n) is 6.58. The first-order valence-electron chi connectivity index (χ1n) is 9.31. The number of halogens is 1. The van der Waals surface area contributed by atoms with E-state index in [4.69, 9.17) is 11.6 Å². The van der Waals surface area contributed by atoms with Gasteiger partial charge in [0.15, 0.2) is 0 Å². The number of nitrogens with one attached hydrogen (secondary N) is 1. The fourth-order valence-electron chi connectivity index (χ4n) is 2.92. The van der Waals surface area contributed by atoms with Gasteiger partial charge in [0.25, 0.3) is 0 Å². The molecule has 0 spiro atoms. The maximum atomic E-state index is 9.92. The standard InChI is InChI=1S/C22H28ClN3O2/c1-4-19(14-27)25-22-12-20(9-10-24-22)26(5-2)13-16(3)21(15-28)17-7-6-8-18(23)11-17/h5-13,19,21,27-28H,2,4,14-15H2,1,3H3,(H,24,25)/b16-13+/t19-,21+/m1/s1. The van der Waals surface area contributed by atoms with Crippen molar-refractivity contribution in [3.05, 3.63) is 77.7 Å². The summed E-state index contributed by atoms with van der Waals surface area (Å²) < 4.78 is 0. The van der Waals surface area contributed by atoms with E-state index in [1.807, 2.05) is 61.3 Å². The normalized spacial score (nSPS) is 13.7. The molecule has 1 aromatic heterocycles. The molecule has 2 rings (SSSR count). The van der Waals surface area contributed by atoms with Crippen molar-refractivity contribution in [2.75, 3.05) is 23.4 Å². The second-order valence-corrected chi connectivity index (χ2v) is 7.02. The molecule has 0 saturated carbocycles. The zero-order valence-electron chi connectivity index (χ0n) is 16.3. The van der Waals surface area contributed by atoms with Crippen molar-refractivity contribution in [2.45, 2.75) is 32.2 Å². The molecule has 1 aromatic carbocycles. The molecule has 2 aromatic rings. The summed E-state index contributed by atoms with van der Waals surface area (Å²) in [5.41, 5.74) is 2.80. The third-order valence-corrected chi connectivity index (χ3v) is 4.86. The molecule has 150 valence electrons. The highest BCUT2D eigenvalue weighted by atomic mass is 35.5. The molecule has 0 saturated heterocycles. The molecule has 0 fully saturated rings. The summed E-state index contributed by atoms with van der Waals surface area (Å²) in [4.78, 5) is 6.21. The van der Waals surface area contributed by atoms with Gasteiger partial charge in [0.2, 0.25) is 0 Å². The molecule has 2 atom stereocenters. The molecule has 0 aliphatic rings. The molecule has 0 unspecified atom stereocenters. The van der Waals surface area contributed by atoms with Crippen LogP contribution in [0.5, 0.6) is 0 Å². The van der Waals surface area contributed by atoms with E-state index in [9.17, 15) is 10.2 Å². The van der Waals surface area contributed by atoms with Gasteiger partial charge in [-0.2, -0.15) is 0 Å². The molecule has 0 radical (unpaired) electrons. The fourth-order valence-corrected chi connectivity index (χ4v) is 3.12. The Kier molecular flexibility index (Phi) is 8.51. The van der Waals surface area contributed by atoms with Crippen molar-refractivity contribution in [1.82, 2.24) is 4.98 Å². The Morgan fingerprint density at radius 2 is 2.07 bits per heavy atom. The smallest absolute Gasteiger partial charge is 0.128 e. The highest BCUT2D eigenvalue weighted by molar-refractivity contribution is 6.30. The van der Waals surface area contributed by atoms with Crippen molar-refractivity contribution in [3.63, 3.8) is 0 Å². The first-order chi connectivity index (χ1) is 13.5. The van der Waals surface area contributed by atoms with Crippen LogP contribution in [0.4, 0.5) is 11.5 Å². The third-order valence-electron chi connectivity index (χ3n) is 4.63. The van der Waals surface area contributed by atoms with Crippen LogP contribution in [0.1, 0.15) is 31.7 Å². The second kappa shape index (κ2) is 10.9. The number of hydrogen-bond acceptors (Lipinski definition) is 5. The Hall–Kier alpha value is -2.34. The van der Waals surface area contributed by atoms with Crippen LogP contribution < -0.4 is 10.2 Å². The molecule has 28 heavy (non-hydrogen) atoms. The number of benzene rings is 1. The zero-order valence-corrected chi connectivity index (χ0v) is 17.1. The molecule has 3 N–H and O–H groups in total. The number of pyridine rings is 1. The van der Waals surface area contributed by atoms with Crippen molar-refractivity contribution in [2.24, 2.45) is 0 Å². The van der Waals surface area contributed by atoms with E-state index in [1.165, 1.54) is 0 Å². The van der Waals surface area contributed by atoms with E-state index in [1.54, 1.807) is 12.4 Å². The largest absolute Gasteiger partial charge is 0.395 e. The van der Waals surface area contributed by atoms with Gasteiger partial charge in [-0.15, -0.1) is 0 Å². The number of aliphatic hydroxyl groups is 2. The van der Waals surface area contributed by atoms with Gasteiger partial charge < -0.3 is 20.4 Å². The number of aliphatic hydroxyl groups excluding tert-OH is 2. The summed E-state index contributed by atoms with van der Waals surface area (Å²) in [5.74, 6) is 0.518. The van der Waals surface area contributed by atoms with Gasteiger partial charge in [-0.05, 0) is 42.7 Å². The molecule has 6 heteroatoms. The molecular weight excluding hydrogens is 374 g/mol. The van der Waals surface area contributed by atoms with Crippen LogP contribution in [0.3, 0.4) is 0 Å². The van der Waals surface area contributed by atoms with Crippen LogP contribution in [0.2, 0.25) is 5.02 Å². The Morgan fingerprint density at radius 3 is 2.68 bits per heavy atom. The Balaban J connectivity index is 2.27. The minimum atomic E-state index is -0.167. The lowest BCUT2D eigenvalue weighted by molar-refractivity contribution is 0.271. The molecular formula is C22H28ClN3O2. The first kappa shape index (κ1) is 22.0. The first-order valence-corrected chi connectivity index (χ1v) is 9.69. The van der Waals surface area contributed by atoms with Crippen molar-refractivity contribution in [3.8, 4) is 0 Å². The highest BCUT2D eigenvalue weighted by Crippen LogP contribution is 2.28. The topological polar surface area (TPSA) is 68.6 Å².